The highest BCUT2D eigenvalue weighted by molar-refractivity contribution is 4.98. The Morgan fingerprint density at radius 2 is 2.44 bits per heavy atom. The van der Waals surface area contributed by atoms with Gasteiger partial charge in [-0.05, 0) is 25.9 Å². The lowest BCUT2D eigenvalue weighted by molar-refractivity contribution is 0.211. The first-order valence-corrected chi connectivity index (χ1v) is 6.08. The van der Waals surface area contributed by atoms with Crippen molar-refractivity contribution >= 4 is 0 Å². The van der Waals surface area contributed by atoms with Gasteiger partial charge in [0.1, 0.15) is 0 Å². The normalized spacial score (nSPS) is 22.5. The molecule has 90 valence electrons. The summed E-state index contributed by atoms with van der Waals surface area (Å²) in [6, 6.07) is 0. The fourth-order valence-corrected chi connectivity index (χ4v) is 2.21. The van der Waals surface area contributed by atoms with Gasteiger partial charge in [-0.25, -0.2) is 0 Å². The fraction of sp³-hybridized carbons (Fsp3) is 0.818. The molecule has 0 bridgehead atoms. The summed E-state index contributed by atoms with van der Waals surface area (Å²) in [7, 11) is 0. The zero-order chi connectivity index (χ0) is 11.4. The van der Waals surface area contributed by atoms with Crippen LogP contribution in [-0.2, 0) is 6.42 Å². The Morgan fingerprint density at radius 3 is 3.19 bits per heavy atom. The van der Waals surface area contributed by atoms with Crippen molar-refractivity contribution in [1.82, 2.24) is 15.0 Å². The monoisotopic (exact) mass is 224 g/mol. The molecule has 0 radical (unpaired) electrons. The molecule has 0 spiro atoms. The summed E-state index contributed by atoms with van der Waals surface area (Å²) < 4.78 is 5.17. The van der Waals surface area contributed by atoms with Gasteiger partial charge in [0.05, 0.1) is 0 Å². The van der Waals surface area contributed by atoms with E-state index in [1.807, 2.05) is 0 Å². The van der Waals surface area contributed by atoms with E-state index < -0.39 is 0 Å². The molecule has 5 heteroatoms. The van der Waals surface area contributed by atoms with Crippen molar-refractivity contribution in [3.05, 3.63) is 11.7 Å². The average Bonchev–Trinajstić information content (AvgIpc) is 2.78. The molecule has 0 amide bonds. The molecule has 0 saturated carbocycles. The first-order chi connectivity index (χ1) is 7.83. The summed E-state index contributed by atoms with van der Waals surface area (Å²) >= 11 is 0. The topological polar surface area (TPSA) is 68.2 Å². The Bertz CT molecular complexity index is 326. The van der Waals surface area contributed by atoms with Crippen molar-refractivity contribution in [2.45, 2.75) is 32.1 Å². The van der Waals surface area contributed by atoms with E-state index in [1.54, 1.807) is 0 Å². The number of aromatic nitrogens is 2. The lowest BCUT2D eigenvalue weighted by Gasteiger charge is -2.29. The van der Waals surface area contributed by atoms with Crippen LogP contribution < -0.4 is 5.73 Å². The molecule has 2 rings (SSSR count). The molecule has 2 heterocycles. The summed E-state index contributed by atoms with van der Waals surface area (Å²) in [6.45, 7) is 6.11. The molecule has 0 aromatic carbocycles. The van der Waals surface area contributed by atoms with Crippen LogP contribution in [0.1, 0.15) is 37.4 Å². The van der Waals surface area contributed by atoms with E-state index in [2.05, 4.69) is 22.0 Å². The Hall–Kier alpha value is -0.940. The number of nitrogens with two attached hydrogens (primary N) is 1. The Labute approximate surface area is 96.0 Å². The zero-order valence-corrected chi connectivity index (χ0v) is 9.85. The van der Waals surface area contributed by atoms with Crippen molar-refractivity contribution < 1.29 is 4.52 Å². The maximum absolute atomic E-state index is 5.46. The Balaban J connectivity index is 1.99. The van der Waals surface area contributed by atoms with E-state index in [-0.39, 0.29) is 0 Å². The van der Waals surface area contributed by atoms with Crippen molar-refractivity contribution in [2.24, 2.45) is 5.73 Å². The van der Waals surface area contributed by atoms with Gasteiger partial charge >= 0.3 is 0 Å². The van der Waals surface area contributed by atoms with Crippen LogP contribution in [0, 0.1) is 0 Å². The molecular formula is C11H20N4O. The highest BCUT2D eigenvalue weighted by Crippen LogP contribution is 2.24. The van der Waals surface area contributed by atoms with Gasteiger partial charge in [0.25, 0.3) is 0 Å². The summed E-state index contributed by atoms with van der Waals surface area (Å²) in [5.74, 6) is 1.97. The summed E-state index contributed by atoms with van der Waals surface area (Å²) in [4.78, 5) is 6.85. The largest absolute Gasteiger partial charge is 0.339 e. The molecular weight excluding hydrogens is 204 g/mol. The molecule has 1 fully saturated rings. The average molecular weight is 224 g/mol. The van der Waals surface area contributed by atoms with E-state index in [4.69, 9.17) is 10.3 Å². The fourth-order valence-electron chi connectivity index (χ4n) is 2.21. The van der Waals surface area contributed by atoms with Crippen molar-refractivity contribution in [2.75, 3.05) is 26.2 Å². The number of likely N-dealkylation sites (N-methyl/N-ethyl adjacent to an activating group) is 1. The smallest absolute Gasteiger partial charge is 0.227 e. The second kappa shape index (κ2) is 5.41. The van der Waals surface area contributed by atoms with Crippen LogP contribution in [0.25, 0.3) is 0 Å². The molecule has 1 aromatic heterocycles. The van der Waals surface area contributed by atoms with E-state index in [1.165, 1.54) is 13.0 Å². The predicted molar refractivity (Wildman–Crippen MR) is 61.1 cm³/mol. The highest BCUT2D eigenvalue weighted by atomic mass is 16.5. The molecule has 1 saturated heterocycles. The second-order valence-electron chi connectivity index (χ2n) is 4.32. The molecule has 0 aliphatic carbocycles. The number of likely N-dealkylation sites (tertiary alicyclic amines) is 1. The van der Waals surface area contributed by atoms with Gasteiger partial charge in [0.15, 0.2) is 5.82 Å². The number of hydrogen-bond acceptors (Lipinski definition) is 5. The van der Waals surface area contributed by atoms with Crippen LogP contribution in [0.4, 0.5) is 0 Å². The summed E-state index contributed by atoms with van der Waals surface area (Å²) in [5, 5.41) is 4.06. The minimum Gasteiger partial charge on any atom is -0.339 e. The van der Waals surface area contributed by atoms with Crippen molar-refractivity contribution in [1.29, 1.82) is 0 Å². The van der Waals surface area contributed by atoms with E-state index >= 15 is 0 Å². The van der Waals surface area contributed by atoms with Crippen molar-refractivity contribution in [3.8, 4) is 0 Å². The van der Waals surface area contributed by atoms with Gasteiger partial charge < -0.3 is 15.2 Å². The van der Waals surface area contributed by atoms with Crippen LogP contribution >= 0.6 is 0 Å². The second-order valence-corrected chi connectivity index (χ2v) is 4.32. The third-order valence-corrected chi connectivity index (χ3v) is 3.16. The molecule has 16 heavy (non-hydrogen) atoms. The first-order valence-electron chi connectivity index (χ1n) is 6.08. The molecule has 1 aromatic rings. The molecule has 5 nitrogen and oxygen atoms in total. The zero-order valence-electron chi connectivity index (χ0n) is 9.85. The minimum atomic E-state index is 0.434. The number of rotatable bonds is 4. The number of hydrogen-bond donors (Lipinski definition) is 1. The minimum absolute atomic E-state index is 0.434. The van der Waals surface area contributed by atoms with Crippen LogP contribution in [0.2, 0.25) is 0 Å². The van der Waals surface area contributed by atoms with Gasteiger partial charge in [0, 0.05) is 25.4 Å². The molecule has 1 unspecified atom stereocenters. The quantitative estimate of drug-likeness (QED) is 0.818. The van der Waals surface area contributed by atoms with Gasteiger partial charge in [-0.15, -0.1) is 0 Å². The summed E-state index contributed by atoms with van der Waals surface area (Å²) in [6.07, 6.45) is 3.06. The number of piperidine rings is 1. The SMILES string of the molecule is CCN1CCCC(c2noc(CCN)n2)C1. The van der Waals surface area contributed by atoms with Gasteiger partial charge in [-0.2, -0.15) is 4.98 Å². The predicted octanol–water partition coefficient (Wildman–Crippen LogP) is 0.770. The van der Waals surface area contributed by atoms with Gasteiger partial charge in [0.2, 0.25) is 5.89 Å². The molecule has 2 N–H and O–H groups in total. The van der Waals surface area contributed by atoms with Crippen LogP contribution in [-0.4, -0.2) is 41.2 Å². The van der Waals surface area contributed by atoms with E-state index in [9.17, 15) is 0 Å². The third-order valence-electron chi connectivity index (χ3n) is 3.16. The third kappa shape index (κ3) is 2.59. The van der Waals surface area contributed by atoms with E-state index in [0.717, 1.165) is 25.3 Å². The first kappa shape index (κ1) is 11.5. The maximum Gasteiger partial charge on any atom is 0.227 e. The standard InChI is InChI=1S/C11H20N4O/c1-2-15-7-3-4-9(8-15)11-13-10(5-6-12)16-14-11/h9H,2-8,12H2,1H3. The molecule has 1 atom stereocenters. The van der Waals surface area contributed by atoms with Crippen LogP contribution in [0.3, 0.4) is 0 Å². The molecule has 1 aliphatic rings. The Kier molecular flexibility index (Phi) is 3.90. The highest BCUT2D eigenvalue weighted by Gasteiger charge is 2.24. The maximum atomic E-state index is 5.46. The summed E-state index contributed by atoms with van der Waals surface area (Å²) in [5.41, 5.74) is 5.46. The van der Waals surface area contributed by atoms with Crippen molar-refractivity contribution in [3.63, 3.8) is 0 Å². The van der Waals surface area contributed by atoms with Crippen LogP contribution in [0.15, 0.2) is 4.52 Å². The van der Waals surface area contributed by atoms with Crippen LogP contribution in [0.5, 0.6) is 0 Å². The van der Waals surface area contributed by atoms with E-state index in [0.29, 0.717) is 24.8 Å². The lowest BCUT2D eigenvalue weighted by Crippen LogP contribution is -2.34. The molecule has 1 aliphatic heterocycles. The van der Waals surface area contributed by atoms with Gasteiger partial charge in [-0.1, -0.05) is 12.1 Å². The Morgan fingerprint density at radius 1 is 1.56 bits per heavy atom. The number of nitrogens with zero attached hydrogens (tertiary/aromatic N) is 3. The van der Waals surface area contributed by atoms with Gasteiger partial charge in [-0.3, -0.25) is 0 Å². The lowest BCUT2D eigenvalue weighted by atomic mass is 9.97.